The Bertz CT molecular complexity index is 942. The van der Waals surface area contributed by atoms with Crippen LogP contribution in [-0.4, -0.2) is 16.8 Å². The molecule has 0 saturated carbocycles. The summed E-state index contributed by atoms with van der Waals surface area (Å²) in [4.78, 5) is 28.4. The summed E-state index contributed by atoms with van der Waals surface area (Å²) in [6.45, 7) is 0. The second kappa shape index (κ2) is 8.75. The molecule has 1 aromatic heterocycles. The topological polar surface area (TPSA) is 71.1 Å². The summed E-state index contributed by atoms with van der Waals surface area (Å²) in [5.41, 5.74) is 1.73. The van der Waals surface area contributed by atoms with Crippen molar-refractivity contribution in [3.63, 3.8) is 0 Å². The van der Waals surface area contributed by atoms with Gasteiger partial charge < -0.3 is 5.32 Å². The third-order valence-corrected chi connectivity index (χ3v) is 4.67. The van der Waals surface area contributed by atoms with Crippen LogP contribution in [0.2, 0.25) is 5.02 Å². The Kier molecular flexibility index (Phi) is 6.16. The van der Waals surface area contributed by atoms with E-state index in [0.29, 0.717) is 33.5 Å². The second-order valence-corrected chi connectivity index (χ2v) is 6.95. The van der Waals surface area contributed by atoms with Crippen molar-refractivity contribution >= 4 is 45.6 Å². The molecule has 0 aliphatic heterocycles. The van der Waals surface area contributed by atoms with Crippen molar-refractivity contribution in [2.75, 3.05) is 10.6 Å². The fourth-order valence-corrected chi connectivity index (χ4v) is 3.11. The number of halogens is 2. The zero-order valence-electron chi connectivity index (χ0n) is 14.0. The number of aromatic nitrogens is 1. The average Bonchev–Trinajstić information content (AvgIpc) is 3.10. The first kappa shape index (κ1) is 19.0. The Labute approximate surface area is 164 Å². The van der Waals surface area contributed by atoms with Gasteiger partial charge in [0.2, 0.25) is 5.91 Å². The number of carbonyl (C=O) groups is 2. The van der Waals surface area contributed by atoms with Gasteiger partial charge in [0, 0.05) is 28.1 Å². The first-order chi connectivity index (χ1) is 13.0. The molecular formula is C19H15ClFN3O2S. The van der Waals surface area contributed by atoms with Crippen LogP contribution in [0.4, 0.5) is 15.2 Å². The van der Waals surface area contributed by atoms with Crippen molar-refractivity contribution in [1.82, 2.24) is 4.98 Å². The third-order valence-electron chi connectivity index (χ3n) is 3.61. The lowest BCUT2D eigenvalue weighted by Crippen LogP contribution is -2.13. The smallest absolute Gasteiger partial charge is 0.257 e. The van der Waals surface area contributed by atoms with E-state index in [1.165, 1.54) is 35.6 Å². The maximum absolute atomic E-state index is 12.9. The van der Waals surface area contributed by atoms with Crippen LogP contribution in [0.25, 0.3) is 0 Å². The molecule has 0 atom stereocenters. The number of thiazole rings is 1. The van der Waals surface area contributed by atoms with E-state index in [-0.39, 0.29) is 24.1 Å². The Morgan fingerprint density at radius 2 is 1.74 bits per heavy atom. The minimum Gasteiger partial charge on any atom is -0.326 e. The van der Waals surface area contributed by atoms with Crippen molar-refractivity contribution in [1.29, 1.82) is 0 Å². The van der Waals surface area contributed by atoms with Gasteiger partial charge in [0.15, 0.2) is 5.13 Å². The fraction of sp³-hybridized carbons (Fsp3) is 0.105. The van der Waals surface area contributed by atoms with Gasteiger partial charge in [-0.1, -0.05) is 11.6 Å². The van der Waals surface area contributed by atoms with Crippen molar-refractivity contribution in [3.05, 3.63) is 76.0 Å². The van der Waals surface area contributed by atoms with Crippen LogP contribution < -0.4 is 10.6 Å². The van der Waals surface area contributed by atoms with E-state index in [9.17, 15) is 14.0 Å². The highest BCUT2D eigenvalue weighted by Gasteiger charge is 2.10. The number of benzene rings is 2. The summed E-state index contributed by atoms with van der Waals surface area (Å²) in [5, 5.41) is 8.23. The van der Waals surface area contributed by atoms with E-state index in [1.807, 2.05) is 0 Å². The molecule has 0 aliphatic carbocycles. The van der Waals surface area contributed by atoms with Crippen molar-refractivity contribution in [2.45, 2.75) is 12.8 Å². The van der Waals surface area contributed by atoms with Crippen molar-refractivity contribution in [2.24, 2.45) is 0 Å². The predicted molar refractivity (Wildman–Crippen MR) is 105 cm³/mol. The van der Waals surface area contributed by atoms with Crippen LogP contribution in [0.1, 0.15) is 22.5 Å². The summed E-state index contributed by atoms with van der Waals surface area (Å²) >= 11 is 7.10. The fourth-order valence-electron chi connectivity index (χ4n) is 2.25. The van der Waals surface area contributed by atoms with E-state index in [2.05, 4.69) is 15.6 Å². The van der Waals surface area contributed by atoms with Gasteiger partial charge in [0.05, 0.1) is 5.69 Å². The Morgan fingerprint density at radius 3 is 2.44 bits per heavy atom. The molecule has 2 N–H and O–H groups in total. The van der Waals surface area contributed by atoms with E-state index < -0.39 is 0 Å². The molecule has 0 fully saturated rings. The number of hydrogen-bond acceptors (Lipinski definition) is 4. The van der Waals surface area contributed by atoms with Gasteiger partial charge >= 0.3 is 0 Å². The van der Waals surface area contributed by atoms with E-state index in [4.69, 9.17) is 11.6 Å². The molecule has 3 rings (SSSR count). The first-order valence-corrected chi connectivity index (χ1v) is 9.32. The van der Waals surface area contributed by atoms with Crippen LogP contribution in [0.5, 0.6) is 0 Å². The summed E-state index contributed by atoms with van der Waals surface area (Å²) < 4.78 is 12.9. The van der Waals surface area contributed by atoms with Gasteiger partial charge in [-0.2, -0.15) is 0 Å². The Morgan fingerprint density at radius 1 is 1.04 bits per heavy atom. The molecule has 2 aromatic carbocycles. The zero-order chi connectivity index (χ0) is 19.2. The molecule has 0 aliphatic rings. The zero-order valence-corrected chi connectivity index (χ0v) is 15.6. The Hall–Kier alpha value is -2.77. The number of carbonyl (C=O) groups excluding carboxylic acids is 2. The third kappa shape index (κ3) is 5.60. The molecule has 2 amide bonds. The molecule has 27 heavy (non-hydrogen) atoms. The van der Waals surface area contributed by atoms with E-state index in [1.54, 1.807) is 29.6 Å². The lowest BCUT2D eigenvalue weighted by atomic mass is 10.2. The number of amides is 2. The lowest BCUT2D eigenvalue weighted by Gasteiger charge is -2.04. The number of aryl methyl sites for hydroxylation is 1. The second-order valence-electron chi connectivity index (χ2n) is 5.66. The largest absolute Gasteiger partial charge is 0.326 e. The average molecular weight is 404 g/mol. The molecular weight excluding hydrogens is 389 g/mol. The number of nitrogens with one attached hydrogen (secondary N) is 2. The highest BCUT2D eigenvalue weighted by atomic mass is 35.5. The number of rotatable bonds is 6. The predicted octanol–water partition coefficient (Wildman–Crippen LogP) is 4.76. The normalized spacial score (nSPS) is 10.4. The van der Waals surface area contributed by atoms with Gasteiger partial charge in [-0.05, 0) is 55.0 Å². The number of anilines is 2. The molecule has 0 unspecified atom stereocenters. The van der Waals surface area contributed by atoms with Crippen molar-refractivity contribution in [3.8, 4) is 0 Å². The Balaban J connectivity index is 1.50. The molecule has 0 spiro atoms. The van der Waals surface area contributed by atoms with Crippen LogP contribution in [0.3, 0.4) is 0 Å². The van der Waals surface area contributed by atoms with Gasteiger partial charge in [-0.15, -0.1) is 11.3 Å². The summed E-state index contributed by atoms with van der Waals surface area (Å²) in [6.07, 6.45) is 0.659. The minimum atomic E-state index is -0.358. The summed E-state index contributed by atoms with van der Waals surface area (Å²) in [7, 11) is 0. The molecule has 3 aromatic rings. The molecule has 138 valence electrons. The molecule has 0 radical (unpaired) electrons. The van der Waals surface area contributed by atoms with E-state index in [0.717, 1.165) is 0 Å². The minimum absolute atomic E-state index is 0.193. The number of nitrogens with zero attached hydrogens (tertiary/aromatic N) is 1. The highest BCUT2D eigenvalue weighted by molar-refractivity contribution is 7.14. The molecule has 8 heteroatoms. The summed E-state index contributed by atoms with van der Waals surface area (Å²) in [6, 6.07) is 12.1. The standard InChI is InChI=1S/C19H15ClFN3O2S/c20-13-3-1-12(2-4-13)18(26)24-19-23-16(11-27-19)9-10-17(25)22-15-7-5-14(21)6-8-15/h1-8,11H,9-10H2,(H,22,25)(H,23,24,26). The molecule has 5 nitrogen and oxygen atoms in total. The van der Waals surface area contributed by atoms with Crippen molar-refractivity contribution < 1.29 is 14.0 Å². The van der Waals surface area contributed by atoms with Gasteiger partial charge in [-0.3, -0.25) is 14.9 Å². The van der Waals surface area contributed by atoms with Gasteiger partial charge in [-0.25, -0.2) is 9.37 Å². The van der Waals surface area contributed by atoms with Crippen LogP contribution in [-0.2, 0) is 11.2 Å². The van der Waals surface area contributed by atoms with Gasteiger partial charge in [0.1, 0.15) is 5.82 Å². The molecule has 0 bridgehead atoms. The molecule has 0 saturated heterocycles. The monoisotopic (exact) mass is 403 g/mol. The van der Waals surface area contributed by atoms with Crippen LogP contribution >= 0.6 is 22.9 Å². The highest BCUT2D eigenvalue weighted by Crippen LogP contribution is 2.18. The first-order valence-electron chi connectivity index (χ1n) is 8.06. The van der Waals surface area contributed by atoms with Gasteiger partial charge in [0.25, 0.3) is 5.91 Å². The van der Waals surface area contributed by atoms with E-state index >= 15 is 0 Å². The van der Waals surface area contributed by atoms with Crippen LogP contribution in [0.15, 0.2) is 53.9 Å². The van der Waals surface area contributed by atoms with Crippen LogP contribution in [0, 0.1) is 5.82 Å². The SMILES string of the molecule is O=C(CCc1csc(NC(=O)c2ccc(Cl)cc2)n1)Nc1ccc(F)cc1. The summed E-state index contributed by atoms with van der Waals surface area (Å²) in [5.74, 6) is -0.827. The quantitative estimate of drug-likeness (QED) is 0.623. The maximum atomic E-state index is 12.9. The number of hydrogen-bond donors (Lipinski definition) is 2. The lowest BCUT2D eigenvalue weighted by molar-refractivity contribution is -0.116. The maximum Gasteiger partial charge on any atom is 0.257 e. The molecule has 1 heterocycles.